The average molecular weight is 403 g/mol. The zero-order valence-electron chi connectivity index (χ0n) is 16.4. The molecule has 152 valence electrons. The van der Waals surface area contributed by atoms with Gasteiger partial charge >= 0.3 is 5.97 Å². The molecule has 0 aromatic heterocycles. The summed E-state index contributed by atoms with van der Waals surface area (Å²) < 4.78 is 12.1. The van der Waals surface area contributed by atoms with Gasteiger partial charge in [0.1, 0.15) is 23.0 Å². The first-order valence-electron chi connectivity index (χ1n) is 10.00. The Labute approximate surface area is 173 Å². The van der Waals surface area contributed by atoms with E-state index in [2.05, 4.69) is 12.2 Å². The highest BCUT2D eigenvalue weighted by Crippen LogP contribution is 2.57. The zero-order chi connectivity index (χ0) is 20.9. The number of rotatable bonds is 4. The van der Waals surface area contributed by atoms with E-state index in [1.165, 1.54) is 12.1 Å². The van der Waals surface area contributed by atoms with E-state index in [0.717, 1.165) is 25.1 Å². The molecule has 0 bridgehead atoms. The van der Waals surface area contributed by atoms with Gasteiger partial charge in [0.15, 0.2) is 5.60 Å². The van der Waals surface area contributed by atoms with Gasteiger partial charge in [-0.1, -0.05) is 25.5 Å². The Morgan fingerprint density at radius 2 is 1.60 bits per heavy atom. The highest BCUT2D eigenvalue weighted by Gasteiger charge is 2.54. The maximum Gasteiger partial charge on any atom is 0.342 e. The highest BCUT2D eigenvalue weighted by molar-refractivity contribution is 6.02. The Hall–Kier alpha value is -3.67. The number of anilines is 1. The minimum atomic E-state index is -1.22. The van der Waals surface area contributed by atoms with Crippen LogP contribution in [0.15, 0.2) is 54.6 Å². The third kappa shape index (κ3) is 2.53. The Morgan fingerprint density at radius 3 is 2.23 bits per heavy atom. The maximum atomic E-state index is 13.1. The number of carbonyl (C=O) groups excluding carboxylic acids is 1. The quantitative estimate of drug-likeness (QED) is 0.425. The van der Waals surface area contributed by atoms with E-state index in [-0.39, 0.29) is 11.5 Å². The molecule has 0 amide bonds. The number of phenolic OH excluding ortho intramolecular Hbond substituents is 2. The first-order chi connectivity index (χ1) is 14.5. The molecule has 6 nitrogen and oxygen atoms in total. The predicted molar refractivity (Wildman–Crippen MR) is 111 cm³/mol. The number of ether oxygens (including phenoxy) is 2. The fraction of sp³-hybridized carbons (Fsp3) is 0.208. The van der Waals surface area contributed by atoms with Crippen LogP contribution in [0.4, 0.5) is 5.69 Å². The van der Waals surface area contributed by atoms with Crippen molar-refractivity contribution < 1.29 is 24.5 Å². The van der Waals surface area contributed by atoms with Gasteiger partial charge < -0.3 is 25.0 Å². The van der Waals surface area contributed by atoms with Gasteiger partial charge in [0, 0.05) is 41.1 Å². The molecule has 30 heavy (non-hydrogen) atoms. The second-order valence-electron chi connectivity index (χ2n) is 7.54. The molecule has 0 saturated carbocycles. The lowest BCUT2D eigenvalue weighted by Crippen LogP contribution is -2.32. The number of phenols is 2. The summed E-state index contributed by atoms with van der Waals surface area (Å²) in [6.45, 7) is 2.87. The lowest BCUT2D eigenvalue weighted by molar-refractivity contribution is 0.0224. The van der Waals surface area contributed by atoms with E-state index in [4.69, 9.17) is 9.47 Å². The van der Waals surface area contributed by atoms with Crippen molar-refractivity contribution in [2.24, 2.45) is 0 Å². The van der Waals surface area contributed by atoms with Crippen LogP contribution in [0.1, 0.15) is 46.8 Å². The number of esters is 1. The summed E-state index contributed by atoms with van der Waals surface area (Å²) in [6.07, 6.45) is 2.03. The lowest BCUT2D eigenvalue weighted by atomic mass is 9.77. The van der Waals surface area contributed by atoms with Crippen LogP contribution < -0.4 is 10.1 Å². The van der Waals surface area contributed by atoms with E-state index < -0.39 is 11.6 Å². The van der Waals surface area contributed by atoms with Gasteiger partial charge in [0.25, 0.3) is 0 Å². The van der Waals surface area contributed by atoms with Crippen LogP contribution in [0.25, 0.3) is 0 Å². The SMILES string of the molecule is CCCCNc1cccc2c1C(=O)OC21c2ccc(O)cc2Oc2cc(O)ccc21. The van der Waals surface area contributed by atoms with Gasteiger partial charge in [-0.15, -0.1) is 0 Å². The standard InChI is InChI=1S/C24H21NO5/c1-2-3-11-25-19-6-4-5-18-22(19)23(28)30-24(18)16-9-7-14(26)12-20(16)29-21-13-15(27)8-10-17(21)24/h4-10,12-13,25-27H,2-3,11H2,1H3. The van der Waals surface area contributed by atoms with Crippen LogP contribution in [0.3, 0.4) is 0 Å². The summed E-state index contributed by atoms with van der Waals surface area (Å²) in [7, 11) is 0. The van der Waals surface area contributed by atoms with Gasteiger partial charge in [0.2, 0.25) is 0 Å². The molecular formula is C24H21NO5. The minimum absolute atomic E-state index is 0.0343. The largest absolute Gasteiger partial charge is 0.508 e. The third-order valence-electron chi connectivity index (χ3n) is 5.65. The van der Waals surface area contributed by atoms with Crippen molar-refractivity contribution in [2.45, 2.75) is 25.4 Å². The summed E-state index contributed by atoms with van der Waals surface area (Å²) in [5.74, 6) is 0.389. The molecule has 0 unspecified atom stereocenters. The molecule has 6 heteroatoms. The van der Waals surface area contributed by atoms with Crippen molar-refractivity contribution in [3.8, 4) is 23.0 Å². The summed E-state index contributed by atoms with van der Waals surface area (Å²) in [4.78, 5) is 13.1. The lowest BCUT2D eigenvalue weighted by Gasteiger charge is -2.36. The van der Waals surface area contributed by atoms with Crippen LogP contribution in [0.2, 0.25) is 0 Å². The van der Waals surface area contributed by atoms with E-state index in [1.807, 2.05) is 18.2 Å². The highest BCUT2D eigenvalue weighted by atomic mass is 16.6. The Kier molecular flexibility index (Phi) is 4.10. The van der Waals surface area contributed by atoms with Crippen LogP contribution in [-0.4, -0.2) is 22.7 Å². The number of nitrogens with one attached hydrogen (secondary N) is 1. The van der Waals surface area contributed by atoms with Gasteiger partial charge in [-0.25, -0.2) is 4.79 Å². The summed E-state index contributed by atoms with van der Waals surface area (Å²) in [6, 6.07) is 15.1. The number of aromatic hydroxyl groups is 2. The number of unbranched alkanes of at least 4 members (excludes halogenated alkanes) is 1. The Morgan fingerprint density at radius 1 is 0.933 bits per heavy atom. The average Bonchev–Trinajstić information content (AvgIpc) is 3.02. The van der Waals surface area contributed by atoms with E-state index >= 15 is 0 Å². The number of benzene rings is 3. The predicted octanol–water partition coefficient (Wildman–Crippen LogP) is 4.88. The van der Waals surface area contributed by atoms with Crippen molar-refractivity contribution in [1.82, 2.24) is 0 Å². The molecule has 2 heterocycles. The topological polar surface area (TPSA) is 88.0 Å². The molecule has 0 saturated heterocycles. The molecule has 0 fully saturated rings. The van der Waals surface area contributed by atoms with Gasteiger partial charge in [0.05, 0.1) is 5.56 Å². The molecule has 3 aromatic carbocycles. The molecular weight excluding hydrogens is 382 g/mol. The number of hydrogen-bond donors (Lipinski definition) is 3. The minimum Gasteiger partial charge on any atom is -0.508 e. The summed E-state index contributed by atoms with van der Waals surface area (Å²) in [5, 5.41) is 23.3. The molecule has 0 radical (unpaired) electrons. The van der Waals surface area contributed by atoms with Crippen molar-refractivity contribution in [3.63, 3.8) is 0 Å². The monoisotopic (exact) mass is 403 g/mol. The number of carbonyl (C=O) groups is 1. The molecule has 0 atom stereocenters. The van der Waals surface area contributed by atoms with Crippen LogP contribution >= 0.6 is 0 Å². The molecule has 2 aliphatic rings. The van der Waals surface area contributed by atoms with Crippen molar-refractivity contribution >= 4 is 11.7 Å². The second-order valence-corrected chi connectivity index (χ2v) is 7.54. The van der Waals surface area contributed by atoms with Crippen molar-refractivity contribution in [3.05, 3.63) is 76.9 Å². The van der Waals surface area contributed by atoms with Crippen LogP contribution in [-0.2, 0) is 10.3 Å². The van der Waals surface area contributed by atoms with Crippen LogP contribution in [0.5, 0.6) is 23.0 Å². The second kappa shape index (κ2) is 6.69. The Bertz CT molecular complexity index is 1120. The fourth-order valence-electron chi connectivity index (χ4n) is 4.29. The van der Waals surface area contributed by atoms with Gasteiger partial charge in [-0.05, 0) is 36.8 Å². The fourth-order valence-corrected chi connectivity index (χ4v) is 4.29. The Balaban J connectivity index is 1.77. The van der Waals surface area contributed by atoms with E-state index in [0.29, 0.717) is 33.8 Å². The number of hydrogen-bond acceptors (Lipinski definition) is 6. The third-order valence-corrected chi connectivity index (χ3v) is 5.65. The number of fused-ring (bicyclic) bond motifs is 6. The van der Waals surface area contributed by atoms with Crippen molar-refractivity contribution in [1.29, 1.82) is 0 Å². The van der Waals surface area contributed by atoms with Gasteiger partial charge in [-0.3, -0.25) is 0 Å². The summed E-state index contributed by atoms with van der Waals surface area (Å²) in [5.41, 5.74) is 1.95. The normalized spacial score (nSPS) is 15.0. The zero-order valence-corrected chi connectivity index (χ0v) is 16.4. The van der Waals surface area contributed by atoms with Gasteiger partial charge in [-0.2, -0.15) is 0 Å². The summed E-state index contributed by atoms with van der Waals surface area (Å²) >= 11 is 0. The van der Waals surface area contributed by atoms with Crippen molar-refractivity contribution in [2.75, 3.05) is 11.9 Å². The van der Waals surface area contributed by atoms with E-state index in [9.17, 15) is 15.0 Å². The maximum absolute atomic E-state index is 13.1. The molecule has 0 aliphatic carbocycles. The molecule has 3 N–H and O–H groups in total. The molecule has 2 aliphatic heterocycles. The molecule has 1 spiro atoms. The molecule has 3 aromatic rings. The molecule has 5 rings (SSSR count). The first-order valence-corrected chi connectivity index (χ1v) is 10.00. The van der Waals surface area contributed by atoms with Crippen LogP contribution in [0, 0.1) is 0 Å². The van der Waals surface area contributed by atoms with E-state index in [1.54, 1.807) is 24.3 Å². The smallest absolute Gasteiger partial charge is 0.342 e. The first kappa shape index (κ1) is 18.4.